The number of halogens is 2. The van der Waals surface area contributed by atoms with Gasteiger partial charge in [-0.1, -0.05) is 36.8 Å². The number of ether oxygens (including phenoxy) is 1. The molecule has 1 aromatic carbocycles. The summed E-state index contributed by atoms with van der Waals surface area (Å²) >= 11 is 0. The molecule has 5 nitrogen and oxygen atoms in total. The fourth-order valence-corrected chi connectivity index (χ4v) is 2.50. The maximum atomic E-state index is 12.2. The summed E-state index contributed by atoms with van der Waals surface area (Å²) in [6.07, 6.45) is 0. The van der Waals surface area contributed by atoms with Crippen LogP contribution in [-0.2, 0) is 9.53 Å². The van der Waals surface area contributed by atoms with Gasteiger partial charge in [0.15, 0.2) is 0 Å². The Balaban J connectivity index is 0.00000264. The predicted molar refractivity (Wildman–Crippen MR) is 102 cm³/mol. The molecule has 1 aliphatic rings. The summed E-state index contributed by atoms with van der Waals surface area (Å²) in [5, 5.41) is 3.15. The van der Waals surface area contributed by atoms with E-state index in [1.807, 2.05) is 6.92 Å². The normalized spacial score (nSPS) is 17.1. The average molecular weight is 378 g/mol. The minimum Gasteiger partial charge on any atom is -0.379 e. The molecule has 0 spiro atoms. The molecule has 24 heavy (non-hydrogen) atoms. The van der Waals surface area contributed by atoms with Crippen molar-refractivity contribution in [1.29, 1.82) is 0 Å². The van der Waals surface area contributed by atoms with Crippen LogP contribution in [0.5, 0.6) is 0 Å². The van der Waals surface area contributed by atoms with Crippen LogP contribution < -0.4 is 11.1 Å². The summed E-state index contributed by atoms with van der Waals surface area (Å²) < 4.78 is 5.39. The minimum absolute atomic E-state index is 0. The molecule has 2 atom stereocenters. The van der Waals surface area contributed by atoms with E-state index in [2.05, 4.69) is 41.4 Å². The first-order valence-electron chi connectivity index (χ1n) is 7.97. The second kappa shape index (κ2) is 11.7. The molecule has 0 radical (unpaired) electrons. The lowest BCUT2D eigenvalue weighted by atomic mass is 10.0. The monoisotopic (exact) mass is 377 g/mol. The number of aryl methyl sites for hydroxylation is 1. The highest BCUT2D eigenvalue weighted by Crippen LogP contribution is 2.17. The number of nitrogens with zero attached hydrogens (tertiary/aromatic N) is 1. The number of rotatable bonds is 6. The molecular formula is C17H29Cl2N3O2. The van der Waals surface area contributed by atoms with Gasteiger partial charge < -0.3 is 15.8 Å². The lowest BCUT2D eigenvalue weighted by molar-refractivity contribution is -0.125. The molecule has 0 aliphatic carbocycles. The molecule has 138 valence electrons. The van der Waals surface area contributed by atoms with Crippen LogP contribution in [0.15, 0.2) is 24.3 Å². The Kier molecular flexibility index (Phi) is 11.2. The van der Waals surface area contributed by atoms with Gasteiger partial charge in [0, 0.05) is 32.1 Å². The highest BCUT2D eigenvalue weighted by atomic mass is 35.5. The van der Waals surface area contributed by atoms with Gasteiger partial charge in [0.25, 0.3) is 0 Å². The Hall–Kier alpha value is -0.850. The average Bonchev–Trinajstić information content (AvgIpc) is 2.55. The number of carbonyl (C=O) groups excluding carboxylic acids is 1. The van der Waals surface area contributed by atoms with E-state index in [1.54, 1.807) is 0 Å². The van der Waals surface area contributed by atoms with Crippen LogP contribution in [0, 0.1) is 12.8 Å². The number of hydrogen-bond acceptors (Lipinski definition) is 4. The first kappa shape index (κ1) is 23.1. The van der Waals surface area contributed by atoms with E-state index in [0.717, 1.165) is 38.4 Å². The Morgan fingerprint density at radius 1 is 1.25 bits per heavy atom. The number of amides is 1. The molecule has 1 fully saturated rings. The van der Waals surface area contributed by atoms with Crippen LogP contribution in [0.25, 0.3) is 0 Å². The van der Waals surface area contributed by atoms with Crippen molar-refractivity contribution < 1.29 is 9.53 Å². The Morgan fingerprint density at radius 3 is 2.38 bits per heavy atom. The van der Waals surface area contributed by atoms with E-state index in [-0.39, 0.29) is 42.7 Å². The maximum absolute atomic E-state index is 12.2. The number of nitrogens with two attached hydrogens (primary N) is 1. The number of benzene rings is 1. The Bertz CT molecular complexity index is 479. The summed E-state index contributed by atoms with van der Waals surface area (Å²) in [7, 11) is 0. The molecule has 1 saturated heterocycles. The SMILES string of the molecule is Cc1ccc(C(CN2CCOCC2)NC(=O)C(C)CN)cc1.Cl.Cl. The molecule has 1 aromatic rings. The second-order valence-electron chi connectivity index (χ2n) is 6.02. The quantitative estimate of drug-likeness (QED) is 0.794. The van der Waals surface area contributed by atoms with Crippen molar-refractivity contribution in [2.24, 2.45) is 11.7 Å². The molecule has 1 heterocycles. The van der Waals surface area contributed by atoms with Crippen LogP contribution in [0.1, 0.15) is 24.1 Å². The van der Waals surface area contributed by atoms with E-state index in [0.29, 0.717) is 6.54 Å². The van der Waals surface area contributed by atoms with E-state index >= 15 is 0 Å². The van der Waals surface area contributed by atoms with Crippen molar-refractivity contribution in [3.63, 3.8) is 0 Å². The summed E-state index contributed by atoms with van der Waals surface area (Å²) in [4.78, 5) is 14.6. The van der Waals surface area contributed by atoms with Crippen molar-refractivity contribution in [2.75, 3.05) is 39.4 Å². The van der Waals surface area contributed by atoms with Gasteiger partial charge in [-0.05, 0) is 12.5 Å². The van der Waals surface area contributed by atoms with Gasteiger partial charge in [-0.15, -0.1) is 24.8 Å². The molecule has 0 saturated carbocycles. The van der Waals surface area contributed by atoms with Crippen molar-refractivity contribution in [3.05, 3.63) is 35.4 Å². The second-order valence-corrected chi connectivity index (χ2v) is 6.02. The van der Waals surface area contributed by atoms with Crippen LogP contribution in [0.4, 0.5) is 0 Å². The third kappa shape index (κ3) is 6.95. The van der Waals surface area contributed by atoms with Crippen LogP contribution in [-0.4, -0.2) is 50.2 Å². The van der Waals surface area contributed by atoms with Crippen LogP contribution >= 0.6 is 24.8 Å². The molecule has 0 aromatic heterocycles. The van der Waals surface area contributed by atoms with E-state index < -0.39 is 0 Å². The third-order valence-electron chi connectivity index (χ3n) is 4.14. The standard InChI is InChI=1S/C17H27N3O2.2ClH/c1-13-3-5-15(6-4-13)16(19-17(21)14(2)11-18)12-20-7-9-22-10-8-20;;/h3-6,14,16H,7-12,18H2,1-2H3,(H,19,21);2*1H. The zero-order chi connectivity index (χ0) is 15.9. The molecule has 7 heteroatoms. The van der Waals surface area contributed by atoms with Crippen molar-refractivity contribution in [2.45, 2.75) is 19.9 Å². The summed E-state index contributed by atoms with van der Waals surface area (Å²) in [5.74, 6) is -0.154. The molecular weight excluding hydrogens is 349 g/mol. The van der Waals surface area contributed by atoms with Crippen molar-refractivity contribution in [3.8, 4) is 0 Å². The van der Waals surface area contributed by atoms with Gasteiger partial charge >= 0.3 is 0 Å². The van der Waals surface area contributed by atoms with E-state index in [1.165, 1.54) is 5.56 Å². The van der Waals surface area contributed by atoms with Crippen molar-refractivity contribution in [1.82, 2.24) is 10.2 Å². The number of morpholine rings is 1. The smallest absolute Gasteiger partial charge is 0.224 e. The molecule has 1 aliphatic heterocycles. The summed E-state index contributed by atoms with van der Waals surface area (Å²) in [6, 6.07) is 8.34. The third-order valence-corrected chi connectivity index (χ3v) is 4.14. The topological polar surface area (TPSA) is 67.6 Å². The highest BCUT2D eigenvalue weighted by Gasteiger charge is 2.22. The molecule has 1 amide bonds. The molecule has 2 rings (SSSR count). The maximum Gasteiger partial charge on any atom is 0.224 e. The largest absolute Gasteiger partial charge is 0.379 e. The van der Waals surface area contributed by atoms with Gasteiger partial charge in [0.1, 0.15) is 0 Å². The lowest BCUT2D eigenvalue weighted by Gasteiger charge is -2.31. The Labute approximate surface area is 157 Å². The summed E-state index contributed by atoms with van der Waals surface area (Å²) in [6.45, 7) is 8.42. The highest BCUT2D eigenvalue weighted by molar-refractivity contribution is 5.85. The number of nitrogens with one attached hydrogen (secondary N) is 1. The first-order valence-corrected chi connectivity index (χ1v) is 7.97. The van der Waals surface area contributed by atoms with E-state index in [9.17, 15) is 4.79 Å². The van der Waals surface area contributed by atoms with Gasteiger partial charge in [-0.3, -0.25) is 9.69 Å². The zero-order valence-electron chi connectivity index (χ0n) is 14.4. The van der Waals surface area contributed by atoms with Gasteiger partial charge in [0.2, 0.25) is 5.91 Å². The van der Waals surface area contributed by atoms with E-state index in [4.69, 9.17) is 10.5 Å². The predicted octanol–water partition coefficient (Wildman–Crippen LogP) is 1.92. The Morgan fingerprint density at radius 2 is 1.83 bits per heavy atom. The summed E-state index contributed by atoms with van der Waals surface area (Å²) in [5.41, 5.74) is 7.96. The van der Waals surface area contributed by atoms with Gasteiger partial charge in [-0.2, -0.15) is 0 Å². The lowest BCUT2D eigenvalue weighted by Crippen LogP contribution is -2.44. The van der Waals surface area contributed by atoms with Crippen LogP contribution in [0.3, 0.4) is 0 Å². The molecule has 3 N–H and O–H groups in total. The zero-order valence-corrected chi connectivity index (χ0v) is 16.0. The fourth-order valence-electron chi connectivity index (χ4n) is 2.50. The number of hydrogen-bond donors (Lipinski definition) is 2. The van der Waals surface area contributed by atoms with Gasteiger partial charge in [0.05, 0.1) is 19.3 Å². The minimum atomic E-state index is -0.169. The molecule has 2 unspecified atom stereocenters. The van der Waals surface area contributed by atoms with Gasteiger partial charge in [-0.25, -0.2) is 0 Å². The fraction of sp³-hybridized carbons (Fsp3) is 0.588. The number of carbonyl (C=O) groups is 1. The first-order chi connectivity index (χ1) is 10.6. The van der Waals surface area contributed by atoms with Crippen molar-refractivity contribution >= 4 is 30.7 Å². The molecule has 0 bridgehead atoms. The van der Waals surface area contributed by atoms with Crippen LogP contribution in [0.2, 0.25) is 0 Å².